The number of carbonyl (C=O) groups excluding carboxylic acids is 1. The van der Waals surface area contributed by atoms with Gasteiger partial charge in [0.1, 0.15) is 5.60 Å². The molecular formula is C17H23NO3. The van der Waals surface area contributed by atoms with E-state index >= 15 is 0 Å². The van der Waals surface area contributed by atoms with Crippen LogP contribution in [0.1, 0.15) is 51.1 Å². The van der Waals surface area contributed by atoms with Gasteiger partial charge in [-0.3, -0.25) is 4.90 Å². The van der Waals surface area contributed by atoms with E-state index in [0.29, 0.717) is 0 Å². The number of nitrogens with zero attached hydrogens (tertiary/aromatic N) is 1. The van der Waals surface area contributed by atoms with Gasteiger partial charge < -0.3 is 9.84 Å². The quantitative estimate of drug-likeness (QED) is 0.909. The zero-order chi connectivity index (χ0) is 15.0. The van der Waals surface area contributed by atoms with E-state index in [1.165, 1.54) is 0 Å². The monoisotopic (exact) mass is 289 g/mol. The first-order valence-electron chi connectivity index (χ1n) is 7.73. The van der Waals surface area contributed by atoms with E-state index in [9.17, 15) is 9.90 Å². The van der Waals surface area contributed by atoms with Gasteiger partial charge in [0.2, 0.25) is 0 Å². The molecule has 1 N–H and O–H groups in total. The van der Waals surface area contributed by atoms with Crippen LogP contribution in [0, 0.1) is 0 Å². The van der Waals surface area contributed by atoms with E-state index in [1.54, 1.807) is 0 Å². The Kier molecular flexibility index (Phi) is 3.66. The molecule has 4 heteroatoms. The molecule has 1 aromatic rings. The minimum atomic E-state index is -0.533. The van der Waals surface area contributed by atoms with E-state index in [1.807, 2.05) is 36.9 Å². The number of carbonyl (C=O) groups is 1. The van der Waals surface area contributed by atoms with Gasteiger partial charge in [-0.2, -0.15) is 0 Å². The lowest BCUT2D eigenvalue weighted by atomic mass is 9.87. The molecule has 1 aliphatic heterocycles. The fourth-order valence-electron chi connectivity index (χ4n) is 3.67. The van der Waals surface area contributed by atoms with Crippen molar-refractivity contribution in [1.29, 1.82) is 0 Å². The first kappa shape index (κ1) is 14.4. The highest BCUT2D eigenvalue weighted by Crippen LogP contribution is 2.44. The van der Waals surface area contributed by atoms with Crippen molar-refractivity contribution in [2.24, 2.45) is 0 Å². The number of cyclic esters (lactones) is 1. The number of benzene rings is 1. The summed E-state index contributed by atoms with van der Waals surface area (Å²) in [7, 11) is 0. The van der Waals surface area contributed by atoms with Crippen molar-refractivity contribution in [2.45, 2.75) is 63.3 Å². The molecule has 1 atom stereocenters. The van der Waals surface area contributed by atoms with Crippen LogP contribution in [0.2, 0.25) is 0 Å². The number of aliphatic hydroxyl groups is 1. The van der Waals surface area contributed by atoms with Gasteiger partial charge >= 0.3 is 6.09 Å². The maximum absolute atomic E-state index is 12.4. The van der Waals surface area contributed by atoms with Crippen molar-refractivity contribution < 1.29 is 14.6 Å². The van der Waals surface area contributed by atoms with Crippen LogP contribution in [-0.4, -0.2) is 33.8 Å². The number of hydrogen-bond acceptors (Lipinski definition) is 3. The van der Waals surface area contributed by atoms with Gasteiger partial charge in [0.05, 0.1) is 12.1 Å². The second kappa shape index (κ2) is 5.34. The standard InChI is InChI=1S/C17H23NO3/c1-17(2)15(12-6-4-3-5-7-12)18(16(20)21-17)13-8-10-14(19)11-9-13/h3-7,13-15,19H,8-11H2,1-2H3/t13-,14-,15?. The largest absolute Gasteiger partial charge is 0.441 e. The summed E-state index contributed by atoms with van der Waals surface area (Å²) >= 11 is 0. The molecule has 0 bridgehead atoms. The zero-order valence-corrected chi connectivity index (χ0v) is 12.7. The Hall–Kier alpha value is -1.55. The summed E-state index contributed by atoms with van der Waals surface area (Å²) in [5, 5.41) is 9.69. The van der Waals surface area contributed by atoms with Crippen LogP contribution in [0.25, 0.3) is 0 Å². The lowest BCUT2D eigenvalue weighted by Gasteiger charge is -2.37. The number of amides is 1. The maximum atomic E-state index is 12.4. The molecule has 1 aromatic carbocycles. The van der Waals surface area contributed by atoms with E-state index in [0.717, 1.165) is 31.2 Å². The van der Waals surface area contributed by atoms with E-state index in [-0.39, 0.29) is 24.3 Å². The summed E-state index contributed by atoms with van der Waals surface area (Å²) in [4.78, 5) is 14.3. The topological polar surface area (TPSA) is 49.8 Å². The predicted octanol–water partition coefficient (Wildman–Crippen LogP) is 3.26. The minimum absolute atomic E-state index is 0.0635. The SMILES string of the molecule is CC1(C)OC(=O)N([C@H]2CC[C@H](O)CC2)C1c1ccccc1. The van der Waals surface area contributed by atoms with Crippen molar-refractivity contribution in [3.05, 3.63) is 35.9 Å². The Morgan fingerprint density at radius 3 is 2.38 bits per heavy atom. The van der Waals surface area contributed by atoms with Crippen LogP contribution < -0.4 is 0 Å². The van der Waals surface area contributed by atoms with Crippen LogP contribution in [0.15, 0.2) is 30.3 Å². The summed E-state index contributed by atoms with van der Waals surface area (Å²) in [6.45, 7) is 3.94. The lowest BCUT2D eigenvalue weighted by Crippen LogP contribution is -2.43. The average molecular weight is 289 g/mol. The summed E-state index contributed by atoms with van der Waals surface area (Å²) in [5.41, 5.74) is 0.577. The van der Waals surface area contributed by atoms with Crippen molar-refractivity contribution in [2.75, 3.05) is 0 Å². The van der Waals surface area contributed by atoms with Crippen molar-refractivity contribution >= 4 is 6.09 Å². The number of rotatable bonds is 2. The molecule has 1 amide bonds. The van der Waals surface area contributed by atoms with Gasteiger partial charge in [-0.1, -0.05) is 30.3 Å². The fraction of sp³-hybridized carbons (Fsp3) is 0.588. The predicted molar refractivity (Wildman–Crippen MR) is 79.8 cm³/mol. The van der Waals surface area contributed by atoms with E-state index < -0.39 is 5.60 Å². The molecule has 0 aromatic heterocycles. The second-order valence-electron chi connectivity index (χ2n) is 6.65. The van der Waals surface area contributed by atoms with Gasteiger partial charge in [-0.15, -0.1) is 0 Å². The fourth-order valence-corrected chi connectivity index (χ4v) is 3.67. The van der Waals surface area contributed by atoms with E-state index in [4.69, 9.17) is 4.74 Å². The van der Waals surface area contributed by atoms with Gasteiger partial charge in [-0.05, 0) is 45.1 Å². The zero-order valence-electron chi connectivity index (χ0n) is 12.7. The van der Waals surface area contributed by atoms with Crippen molar-refractivity contribution in [3.63, 3.8) is 0 Å². The normalized spacial score (nSPS) is 32.0. The highest BCUT2D eigenvalue weighted by Gasteiger charge is 2.51. The van der Waals surface area contributed by atoms with E-state index in [2.05, 4.69) is 12.1 Å². The van der Waals surface area contributed by atoms with Crippen LogP contribution >= 0.6 is 0 Å². The molecule has 1 aliphatic carbocycles. The second-order valence-corrected chi connectivity index (χ2v) is 6.65. The molecule has 0 radical (unpaired) electrons. The third-order valence-corrected chi connectivity index (χ3v) is 4.67. The Morgan fingerprint density at radius 2 is 1.76 bits per heavy atom. The number of aliphatic hydroxyl groups excluding tert-OH is 1. The third kappa shape index (κ3) is 2.64. The van der Waals surface area contributed by atoms with Gasteiger partial charge in [-0.25, -0.2) is 4.79 Å². The Labute approximate surface area is 125 Å². The summed E-state index contributed by atoms with van der Waals surface area (Å²) in [6, 6.07) is 10.2. The maximum Gasteiger partial charge on any atom is 0.411 e. The molecule has 0 spiro atoms. The molecule has 1 saturated heterocycles. The lowest BCUT2D eigenvalue weighted by molar-refractivity contribution is 0.0623. The highest BCUT2D eigenvalue weighted by molar-refractivity contribution is 5.72. The van der Waals surface area contributed by atoms with Gasteiger partial charge in [0, 0.05) is 6.04 Å². The highest BCUT2D eigenvalue weighted by atomic mass is 16.6. The van der Waals surface area contributed by atoms with Crippen molar-refractivity contribution in [1.82, 2.24) is 4.90 Å². The molecule has 3 rings (SSSR count). The van der Waals surface area contributed by atoms with Crippen LogP contribution in [0.4, 0.5) is 4.79 Å². The Morgan fingerprint density at radius 1 is 1.14 bits per heavy atom. The molecule has 114 valence electrons. The first-order chi connectivity index (χ1) is 9.99. The summed E-state index contributed by atoms with van der Waals surface area (Å²) in [6.07, 6.45) is 2.76. The summed E-state index contributed by atoms with van der Waals surface area (Å²) < 4.78 is 5.63. The smallest absolute Gasteiger partial charge is 0.411 e. The van der Waals surface area contributed by atoms with Crippen LogP contribution in [0.5, 0.6) is 0 Å². The molecule has 1 unspecified atom stereocenters. The molecule has 2 aliphatic rings. The van der Waals surface area contributed by atoms with Crippen molar-refractivity contribution in [3.8, 4) is 0 Å². The third-order valence-electron chi connectivity index (χ3n) is 4.67. The molecule has 2 fully saturated rings. The molecule has 1 heterocycles. The Bertz CT molecular complexity index is 506. The van der Waals surface area contributed by atoms with Gasteiger partial charge in [0.25, 0.3) is 0 Å². The number of ether oxygens (including phenoxy) is 1. The summed E-state index contributed by atoms with van der Waals surface area (Å²) in [5.74, 6) is 0. The molecule has 1 saturated carbocycles. The minimum Gasteiger partial charge on any atom is -0.441 e. The molecule has 4 nitrogen and oxygen atoms in total. The number of hydrogen-bond donors (Lipinski definition) is 1. The first-order valence-corrected chi connectivity index (χ1v) is 7.73. The average Bonchev–Trinajstić information content (AvgIpc) is 2.70. The van der Waals surface area contributed by atoms with Crippen LogP contribution in [-0.2, 0) is 4.74 Å². The van der Waals surface area contributed by atoms with Crippen LogP contribution in [0.3, 0.4) is 0 Å². The molecular weight excluding hydrogens is 266 g/mol. The Balaban J connectivity index is 1.91. The van der Waals surface area contributed by atoms with Gasteiger partial charge in [0.15, 0.2) is 0 Å². The molecule has 21 heavy (non-hydrogen) atoms.